The van der Waals surface area contributed by atoms with Gasteiger partial charge in [0.25, 0.3) is 0 Å². The standard InChI is InChI=1S/C32H41N7O4.2ClH/c1-21(37-27-19-25(42-3)17-23-11-7-13-33-29(23)27)9-5-15-35-31(40)39-32(41)36-16-6-10-22(2)38-28-20-26(43-4)18-24-12-8-14-34-30(24)28;;/h7-8,11-14,17-22,37-38H,5-6,9-10,15-16H2,1-4H3,(H3,35,36,39,40,41);2*1H. The van der Waals surface area contributed by atoms with Crippen molar-refractivity contribution in [2.24, 2.45) is 0 Å². The van der Waals surface area contributed by atoms with Gasteiger partial charge in [0.15, 0.2) is 0 Å². The lowest BCUT2D eigenvalue weighted by molar-refractivity contribution is 0.227. The molecule has 4 amide bonds. The molecule has 0 aliphatic rings. The highest BCUT2D eigenvalue weighted by Crippen LogP contribution is 2.29. The summed E-state index contributed by atoms with van der Waals surface area (Å²) in [6.07, 6.45) is 6.63. The number of anilines is 2. The fourth-order valence-corrected chi connectivity index (χ4v) is 4.87. The minimum atomic E-state index is -0.520. The van der Waals surface area contributed by atoms with E-state index in [0.29, 0.717) is 13.1 Å². The van der Waals surface area contributed by atoms with E-state index in [-0.39, 0.29) is 36.9 Å². The van der Waals surface area contributed by atoms with E-state index in [2.05, 4.69) is 50.4 Å². The Hall–Kier alpha value is -4.22. The number of benzene rings is 2. The lowest BCUT2D eigenvalue weighted by Crippen LogP contribution is -2.45. The second kappa shape index (κ2) is 18.6. The summed E-state index contributed by atoms with van der Waals surface area (Å²) in [5, 5.41) is 16.8. The third-order valence-corrected chi connectivity index (χ3v) is 7.06. The smallest absolute Gasteiger partial charge is 0.322 e. The van der Waals surface area contributed by atoms with Crippen molar-refractivity contribution < 1.29 is 19.1 Å². The van der Waals surface area contributed by atoms with Crippen LogP contribution < -0.4 is 36.1 Å². The van der Waals surface area contributed by atoms with Crippen LogP contribution in [0, 0.1) is 0 Å². The predicted octanol–water partition coefficient (Wildman–Crippen LogP) is 6.51. The number of amides is 4. The zero-order chi connectivity index (χ0) is 30.6. The van der Waals surface area contributed by atoms with E-state index in [1.54, 1.807) is 26.6 Å². The number of halogens is 2. The van der Waals surface area contributed by atoms with Gasteiger partial charge in [-0.1, -0.05) is 12.1 Å². The van der Waals surface area contributed by atoms with Crippen LogP contribution in [0.5, 0.6) is 11.5 Å². The molecular formula is C32H43Cl2N7O4. The van der Waals surface area contributed by atoms with E-state index in [1.807, 2.05) is 48.5 Å². The van der Waals surface area contributed by atoms with Crippen molar-refractivity contribution in [3.05, 3.63) is 60.9 Å². The molecule has 13 heteroatoms. The van der Waals surface area contributed by atoms with Gasteiger partial charge < -0.3 is 30.7 Å². The van der Waals surface area contributed by atoms with Crippen molar-refractivity contribution in [2.75, 3.05) is 37.9 Å². The van der Waals surface area contributed by atoms with E-state index in [0.717, 1.165) is 70.4 Å². The minimum Gasteiger partial charge on any atom is -0.497 e. The second-order valence-corrected chi connectivity index (χ2v) is 10.5. The number of carbonyl (C=O) groups excluding carboxylic acids is 2. The van der Waals surface area contributed by atoms with Crippen molar-refractivity contribution in [1.82, 2.24) is 25.9 Å². The summed E-state index contributed by atoms with van der Waals surface area (Å²) >= 11 is 0. The fraction of sp³-hybridized carbons (Fsp3) is 0.375. The summed E-state index contributed by atoms with van der Waals surface area (Å²) in [6.45, 7) is 5.04. The molecule has 11 nitrogen and oxygen atoms in total. The van der Waals surface area contributed by atoms with E-state index >= 15 is 0 Å². The third kappa shape index (κ3) is 11.0. The van der Waals surface area contributed by atoms with Crippen LogP contribution in [-0.2, 0) is 0 Å². The van der Waals surface area contributed by atoms with Gasteiger partial charge in [0.1, 0.15) is 11.5 Å². The monoisotopic (exact) mass is 659 g/mol. The topological polar surface area (TPSA) is 139 Å². The number of nitrogens with zero attached hydrogens (tertiary/aromatic N) is 2. The molecule has 45 heavy (non-hydrogen) atoms. The van der Waals surface area contributed by atoms with Gasteiger partial charge in [-0.3, -0.25) is 15.3 Å². The SMILES string of the molecule is COc1cc(NC(C)CCCNC(=O)NC(=O)NCCCC(C)Nc2cc(OC)cc3cccnc23)c2ncccc2c1.Cl.Cl. The van der Waals surface area contributed by atoms with Crippen LogP contribution in [0.2, 0.25) is 0 Å². The molecule has 4 aromatic rings. The first kappa shape index (κ1) is 37.0. The zero-order valence-corrected chi connectivity index (χ0v) is 27.6. The number of carbonyl (C=O) groups is 2. The number of methoxy groups -OCH3 is 2. The molecule has 2 aromatic carbocycles. The molecule has 0 spiro atoms. The molecule has 0 saturated carbocycles. The Kier molecular flexibility index (Phi) is 15.2. The first-order valence-corrected chi connectivity index (χ1v) is 14.6. The largest absolute Gasteiger partial charge is 0.497 e. The molecule has 0 fully saturated rings. The molecule has 0 bridgehead atoms. The highest BCUT2D eigenvalue weighted by atomic mass is 35.5. The van der Waals surface area contributed by atoms with Crippen LogP contribution in [0.3, 0.4) is 0 Å². The van der Waals surface area contributed by atoms with Crippen molar-refractivity contribution >= 4 is 70.1 Å². The zero-order valence-electron chi connectivity index (χ0n) is 26.0. The first-order chi connectivity index (χ1) is 20.9. The Morgan fingerprint density at radius 3 is 1.53 bits per heavy atom. The highest BCUT2D eigenvalue weighted by Gasteiger charge is 2.12. The number of ether oxygens (including phenoxy) is 2. The molecule has 2 unspecified atom stereocenters. The van der Waals surface area contributed by atoms with Crippen molar-refractivity contribution in [1.29, 1.82) is 0 Å². The van der Waals surface area contributed by atoms with Crippen molar-refractivity contribution in [2.45, 2.75) is 51.6 Å². The number of hydrogen-bond donors (Lipinski definition) is 5. The van der Waals surface area contributed by atoms with E-state index in [4.69, 9.17) is 9.47 Å². The summed E-state index contributed by atoms with van der Waals surface area (Å²) in [5.41, 5.74) is 3.57. The van der Waals surface area contributed by atoms with E-state index in [1.165, 1.54) is 0 Å². The molecule has 2 aromatic heterocycles. The fourth-order valence-electron chi connectivity index (χ4n) is 4.87. The van der Waals surface area contributed by atoms with Gasteiger partial charge in [0, 0.05) is 60.5 Å². The molecule has 2 heterocycles. The van der Waals surface area contributed by atoms with E-state index < -0.39 is 12.1 Å². The molecule has 2 atom stereocenters. The number of urea groups is 2. The summed E-state index contributed by atoms with van der Waals surface area (Å²) in [4.78, 5) is 33.3. The molecule has 0 aliphatic heterocycles. The van der Waals surface area contributed by atoms with Gasteiger partial charge in [-0.05, 0) is 63.8 Å². The average Bonchev–Trinajstić information content (AvgIpc) is 3.01. The number of fused-ring (bicyclic) bond motifs is 2. The summed E-state index contributed by atoms with van der Waals surface area (Å²) in [5.74, 6) is 1.52. The molecule has 5 N–H and O–H groups in total. The Labute approximate surface area is 276 Å². The number of hydrogen-bond acceptors (Lipinski definition) is 8. The number of imide groups is 1. The summed E-state index contributed by atoms with van der Waals surface area (Å²) in [7, 11) is 3.29. The third-order valence-electron chi connectivity index (χ3n) is 7.06. The van der Waals surface area contributed by atoms with Gasteiger partial charge in [0.2, 0.25) is 0 Å². The predicted molar refractivity (Wildman–Crippen MR) is 186 cm³/mol. The number of pyridine rings is 2. The van der Waals surface area contributed by atoms with Gasteiger partial charge in [-0.15, -0.1) is 24.8 Å². The van der Waals surface area contributed by atoms with Crippen LogP contribution in [0.15, 0.2) is 60.9 Å². The maximum absolute atomic E-state index is 12.2. The Bertz CT molecular complexity index is 1430. The normalized spacial score (nSPS) is 11.7. The first-order valence-electron chi connectivity index (χ1n) is 14.6. The van der Waals surface area contributed by atoms with Crippen LogP contribution >= 0.6 is 24.8 Å². The number of nitrogens with one attached hydrogen (secondary N) is 5. The Morgan fingerprint density at radius 1 is 0.711 bits per heavy atom. The minimum absolute atomic E-state index is 0. The lowest BCUT2D eigenvalue weighted by atomic mass is 10.1. The molecule has 0 aliphatic carbocycles. The van der Waals surface area contributed by atoms with Crippen LogP contribution in [0.25, 0.3) is 21.8 Å². The second-order valence-electron chi connectivity index (χ2n) is 10.5. The van der Waals surface area contributed by atoms with Crippen LogP contribution in [-0.4, -0.2) is 61.4 Å². The number of aromatic nitrogens is 2. The molecule has 244 valence electrons. The van der Waals surface area contributed by atoms with Gasteiger partial charge >= 0.3 is 12.1 Å². The van der Waals surface area contributed by atoms with Crippen molar-refractivity contribution in [3.63, 3.8) is 0 Å². The molecule has 4 rings (SSSR count). The molecule has 0 saturated heterocycles. The summed E-state index contributed by atoms with van der Waals surface area (Å²) < 4.78 is 10.8. The maximum Gasteiger partial charge on any atom is 0.322 e. The van der Waals surface area contributed by atoms with Crippen LogP contribution in [0.4, 0.5) is 21.0 Å². The number of rotatable bonds is 14. The van der Waals surface area contributed by atoms with Crippen LogP contribution in [0.1, 0.15) is 39.5 Å². The average molecular weight is 661 g/mol. The quantitative estimate of drug-likeness (QED) is 0.0965. The lowest BCUT2D eigenvalue weighted by Gasteiger charge is -2.18. The maximum atomic E-state index is 12.2. The van der Waals surface area contributed by atoms with Gasteiger partial charge in [0.05, 0.1) is 36.6 Å². The van der Waals surface area contributed by atoms with Gasteiger partial charge in [-0.25, -0.2) is 9.59 Å². The van der Waals surface area contributed by atoms with E-state index in [9.17, 15) is 9.59 Å². The molecular weight excluding hydrogens is 617 g/mol. The molecule has 0 radical (unpaired) electrons. The summed E-state index contributed by atoms with van der Waals surface area (Å²) in [6, 6.07) is 14.8. The van der Waals surface area contributed by atoms with Crippen molar-refractivity contribution in [3.8, 4) is 11.5 Å². The Morgan fingerprint density at radius 2 is 1.13 bits per heavy atom. The Balaban J connectivity index is 0.00000353. The van der Waals surface area contributed by atoms with Gasteiger partial charge in [-0.2, -0.15) is 0 Å². The highest BCUT2D eigenvalue weighted by molar-refractivity contribution is 5.94.